The van der Waals surface area contributed by atoms with Crippen LogP contribution in [0.4, 0.5) is 22.7 Å². The van der Waals surface area contributed by atoms with Crippen molar-refractivity contribution < 1.29 is 30.3 Å². The van der Waals surface area contributed by atoms with Gasteiger partial charge >= 0.3 is 0 Å². The van der Waals surface area contributed by atoms with Crippen molar-refractivity contribution in [3.8, 4) is 0 Å². The Morgan fingerprint density at radius 2 is 1.38 bits per heavy atom. The zero-order chi connectivity index (χ0) is 23.7. The third-order valence-corrected chi connectivity index (χ3v) is 4.07. The molecule has 6 N–H and O–H groups in total. The average molecular weight is 448 g/mol. The molecule has 0 amide bonds. The topological polar surface area (TPSA) is 216 Å². The molecule has 0 aromatic heterocycles. The highest BCUT2D eigenvalue weighted by Crippen LogP contribution is 2.16. The molecule has 14 nitrogen and oxygen atoms in total. The van der Waals surface area contributed by atoms with E-state index >= 15 is 0 Å². The summed E-state index contributed by atoms with van der Waals surface area (Å²) in [5.74, 6) is 0. The monoisotopic (exact) mass is 448 g/mol. The fourth-order valence-corrected chi connectivity index (χ4v) is 2.28. The SMILES string of the molecule is O=[N+]([O-])c1ccc(NN=CC(=NNc2ccc([N+](=O)[O-])cc2)C(O)C(O)C(O)CO)cc1. The molecule has 0 aliphatic rings. The molecule has 0 radical (unpaired) electrons. The summed E-state index contributed by atoms with van der Waals surface area (Å²) in [4.78, 5) is 20.3. The van der Waals surface area contributed by atoms with Crippen LogP contribution < -0.4 is 10.9 Å². The fourth-order valence-electron chi connectivity index (χ4n) is 2.28. The second-order valence-corrected chi connectivity index (χ2v) is 6.31. The number of aliphatic hydroxyl groups is 4. The van der Waals surface area contributed by atoms with Crippen molar-refractivity contribution in [2.24, 2.45) is 10.2 Å². The number of benzene rings is 2. The second-order valence-electron chi connectivity index (χ2n) is 6.31. The van der Waals surface area contributed by atoms with Crippen LogP contribution in [0.3, 0.4) is 0 Å². The number of nitro benzene ring substituents is 2. The number of non-ortho nitro benzene ring substituents is 2. The summed E-state index contributed by atoms with van der Waals surface area (Å²) < 4.78 is 0. The van der Waals surface area contributed by atoms with E-state index in [1.54, 1.807) is 0 Å². The van der Waals surface area contributed by atoms with Crippen molar-refractivity contribution in [1.82, 2.24) is 0 Å². The van der Waals surface area contributed by atoms with Crippen molar-refractivity contribution in [2.75, 3.05) is 17.5 Å². The first-order valence-corrected chi connectivity index (χ1v) is 8.99. The molecule has 32 heavy (non-hydrogen) atoms. The lowest BCUT2D eigenvalue weighted by molar-refractivity contribution is -0.385. The van der Waals surface area contributed by atoms with E-state index in [1.165, 1.54) is 48.5 Å². The van der Waals surface area contributed by atoms with Gasteiger partial charge in [0.25, 0.3) is 11.4 Å². The van der Waals surface area contributed by atoms with Gasteiger partial charge in [-0.25, -0.2) is 0 Å². The highest BCUT2D eigenvalue weighted by molar-refractivity contribution is 6.33. The predicted octanol–water partition coefficient (Wildman–Crippen LogP) is 0.444. The molecule has 0 heterocycles. The van der Waals surface area contributed by atoms with Gasteiger partial charge in [0.15, 0.2) is 0 Å². The van der Waals surface area contributed by atoms with Gasteiger partial charge in [0.1, 0.15) is 24.0 Å². The minimum absolute atomic E-state index is 0.120. The third kappa shape index (κ3) is 6.78. The minimum atomic E-state index is -1.80. The molecule has 170 valence electrons. The Labute approximate surface area is 180 Å². The van der Waals surface area contributed by atoms with Crippen molar-refractivity contribution >= 4 is 34.7 Å². The molecule has 2 rings (SSSR count). The average Bonchev–Trinajstić information content (AvgIpc) is 2.80. The zero-order valence-electron chi connectivity index (χ0n) is 16.3. The molecule has 2 aromatic rings. The zero-order valence-corrected chi connectivity index (χ0v) is 16.3. The first kappa shape index (κ1) is 24.3. The minimum Gasteiger partial charge on any atom is -0.394 e. The highest BCUT2D eigenvalue weighted by atomic mass is 16.6. The highest BCUT2D eigenvalue weighted by Gasteiger charge is 2.28. The van der Waals surface area contributed by atoms with Gasteiger partial charge in [-0.05, 0) is 24.3 Å². The van der Waals surface area contributed by atoms with E-state index in [9.17, 15) is 35.5 Å². The number of nitro groups is 2. The van der Waals surface area contributed by atoms with Crippen molar-refractivity contribution in [3.63, 3.8) is 0 Å². The first-order chi connectivity index (χ1) is 15.2. The smallest absolute Gasteiger partial charge is 0.269 e. The quantitative estimate of drug-likeness (QED) is 0.158. The number of nitrogens with one attached hydrogen (secondary N) is 2. The lowest BCUT2D eigenvalue weighted by atomic mass is 10.0. The Morgan fingerprint density at radius 3 is 1.81 bits per heavy atom. The van der Waals surface area contributed by atoms with Gasteiger partial charge in [0.05, 0.1) is 34.0 Å². The number of hydrogen-bond donors (Lipinski definition) is 6. The summed E-state index contributed by atoms with van der Waals surface area (Å²) >= 11 is 0. The maximum Gasteiger partial charge on any atom is 0.269 e. The summed E-state index contributed by atoms with van der Waals surface area (Å²) in [6.07, 6.45) is -4.23. The molecule has 2 aromatic carbocycles. The number of anilines is 2. The Kier molecular flexibility index (Phi) is 8.67. The number of hydrogen-bond acceptors (Lipinski definition) is 12. The normalized spacial score (nSPS) is 14.6. The van der Waals surface area contributed by atoms with Crippen molar-refractivity contribution in [2.45, 2.75) is 18.3 Å². The van der Waals surface area contributed by atoms with Crippen LogP contribution in [0.25, 0.3) is 0 Å². The fraction of sp³-hybridized carbons (Fsp3) is 0.222. The molecule has 3 unspecified atom stereocenters. The van der Waals surface area contributed by atoms with Crippen LogP contribution >= 0.6 is 0 Å². The van der Waals surface area contributed by atoms with Gasteiger partial charge in [-0.15, -0.1) is 0 Å². The molecule has 0 spiro atoms. The molecule has 0 bridgehead atoms. The number of rotatable bonds is 11. The lowest BCUT2D eigenvalue weighted by Gasteiger charge is -2.21. The molecule has 0 fully saturated rings. The van der Waals surface area contributed by atoms with E-state index in [4.69, 9.17) is 5.11 Å². The maximum atomic E-state index is 10.7. The van der Waals surface area contributed by atoms with Gasteiger partial charge in [-0.3, -0.25) is 31.1 Å². The first-order valence-electron chi connectivity index (χ1n) is 8.99. The number of hydrazone groups is 2. The summed E-state index contributed by atoms with van der Waals surface area (Å²) in [5, 5.41) is 67.9. The molecule has 0 aliphatic heterocycles. The summed E-state index contributed by atoms with van der Waals surface area (Å²) in [6, 6.07) is 10.4. The van der Waals surface area contributed by atoms with Gasteiger partial charge in [-0.1, -0.05) is 0 Å². The number of aliphatic hydroxyl groups excluding tert-OH is 4. The Bertz CT molecular complexity index is 980. The van der Waals surface area contributed by atoms with Gasteiger partial charge < -0.3 is 20.4 Å². The molecular weight excluding hydrogens is 428 g/mol. The van der Waals surface area contributed by atoms with Crippen LogP contribution in [0, 0.1) is 20.2 Å². The molecule has 3 atom stereocenters. The largest absolute Gasteiger partial charge is 0.394 e. The number of nitrogens with zero attached hydrogens (tertiary/aromatic N) is 4. The third-order valence-electron chi connectivity index (χ3n) is 4.07. The standard InChI is InChI=1S/C18H20N6O8/c25-10-16(26)18(28)17(27)15(22-21-12-3-7-14(8-4-12)24(31)32)9-19-20-11-1-5-13(6-2-11)23(29)30/h1-9,16-18,20-21,25-28H,10H2. The van der Waals surface area contributed by atoms with E-state index in [-0.39, 0.29) is 17.1 Å². The lowest BCUT2D eigenvalue weighted by Crippen LogP contribution is -2.44. The molecule has 0 saturated heterocycles. The van der Waals surface area contributed by atoms with E-state index in [0.29, 0.717) is 11.4 Å². The Morgan fingerprint density at radius 1 is 0.906 bits per heavy atom. The van der Waals surface area contributed by atoms with Crippen LogP contribution in [-0.2, 0) is 0 Å². The van der Waals surface area contributed by atoms with E-state index in [2.05, 4.69) is 21.1 Å². The van der Waals surface area contributed by atoms with Crippen LogP contribution in [0.15, 0.2) is 58.7 Å². The van der Waals surface area contributed by atoms with Crippen molar-refractivity contribution in [1.29, 1.82) is 0 Å². The molecule has 14 heteroatoms. The maximum absolute atomic E-state index is 10.7. The van der Waals surface area contributed by atoms with Gasteiger partial charge in [-0.2, -0.15) is 10.2 Å². The second kappa shape index (κ2) is 11.4. The van der Waals surface area contributed by atoms with E-state index < -0.39 is 34.8 Å². The van der Waals surface area contributed by atoms with Gasteiger partial charge in [0, 0.05) is 24.3 Å². The van der Waals surface area contributed by atoms with Crippen LogP contribution in [-0.4, -0.2) is 67.1 Å². The molecule has 0 saturated carbocycles. The van der Waals surface area contributed by atoms with E-state index in [1.807, 2.05) is 0 Å². The summed E-state index contributed by atoms with van der Waals surface area (Å²) in [6.45, 7) is -0.820. The molecule has 0 aliphatic carbocycles. The predicted molar refractivity (Wildman–Crippen MR) is 114 cm³/mol. The summed E-state index contributed by atoms with van der Waals surface area (Å²) in [7, 11) is 0. The summed E-state index contributed by atoms with van der Waals surface area (Å²) in [5.41, 5.74) is 5.24. The van der Waals surface area contributed by atoms with Gasteiger partial charge in [0.2, 0.25) is 0 Å². The van der Waals surface area contributed by atoms with Crippen LogP contribution in [0.5, 0.6) is 0 Å². The Balaban J connectivity index is 2.18. The van der Waals surface area contributed by atoms with Crippen LogP contribution in [0.2, 0.25) is 0 Å². The van der Waals surface area contributed by atoms with Crippen LogP contribution in [0.1, 0.15) is 0 Å². The van der Waals surface area contributed by atoms with E-state index in [0.717, 1.165) is 6.21 Å². The Hall–Kier alpha value is -3.98. The molecular formula is C18H20N6O8. The van der Waals surface area contributed by atoms with Crippen molar-refractivity contribution in [3.05, 3.63) is 68.8 Å².